The summed E-state index contributed by atoms with van der Waals surface area (Å²) < 4.78 is 14.8. The number of pyridine rings is 1. The highest BCUT2D eigenvalue weighted by Gasteiger charge is 2.32. The summed E-state index contributed by atoms with van der Waals surface area (Å²) in [5.74, 6) is 0.978. The van der Waals surface area contributed by atoms with Gasteiger partial charge in [-0.2, -0.15) is 0 Å². The monoisotopic (exact) mass is 418 g/mol. The fourth-order valence-electron chi connectivity index (χ4n) is 3.98. The minimum Gasteiger partial charge on any atom is -0.353 e. The molecule has 1 fully saturated rings. The van der Waals surface area contributed by atoms with Crippen LogP contribution >= 0.6 is 11.6 Å². The standard InChI is InChI=1S/C22H28ClFN4O/c1-14-6-5-7-17(22(3,4)24)19(14)20(25)27-8-10-28(11-9-27)21-18(23)12-16(13-26-21)15(2)29/h6,12-13,25H,5,7-11H2,1-4H3. The average Bonchev–Trinajstić information content (AvgIpc) is 2.66. The SMILES string of the molecule is CC(=O)c1cnc(N2CCN(C(=N)C3=C(C(C)(C)F)CCC=C3C)CC2)c(Cl)c1. The third kappa shape index (κ3) is 4.53. The van der Waals surface area contributed by atoms with Crippen molar-refractivity contribution < 1.29 is 9.18 Å². The van der Waals surface area contributed by atoms with E-state index in [1.165, 1.54) is 6.92 Å². The maximum atomic E-state index is 14.8. The Bertz CT molecular complexity index is 893. The molecule has 1 N–H and O–H groups in total. The Kier molecular flexibility index (Phi) is 6.13. The van der Waals surface area contributed by atoms with Crippen molar-refractivity contribution in [2.24, 2.45) is 0 Å². The molecule has 5 nitrogen and oxygen atoms in total. The Hall–Kier alpha value is -2.21. The zero-order valence-electron chi connectivity index (χ0n) is 17.5. The van der Waals surface area contributed by atoms with Gasteiger partial charge < -0.3 is 9.80 Å². The van der Waals surface area contributed by atoms with Crippen LogP contribution in [-0.4, -0.2) is 53.4 Å². The summed E-state index contributed by atoms with van der Waals surface area (Å²) >= 11 is 6.35. The zero-order valence-corrected chi connectivity index (χ0v) is 18.2. The van der Waals surface area contributed by atoms with Crippen molar-refractivity contribution in [1.82, 2.24) is 9.88 Å². The molecule has 0 saturated carbocycles. The van der Waals surface area contributed by atoms with Crippen molar-refractivity contribution in [3.63, 3.8) is 0 Å². The minimum absolute atomic E-state index is 0.0695. The molecule has 1 aliphatic carbocycles. The van der Waals surface area contributed by atoms with Crippen LogP contribution in [0.3, 0.4) is 0 Å². The van der Waals surface area contributed by atoms with Crippen LogP contribution in [0.5, 0.6) is 0 Å². The summed E-state index contributed by atoms with van der Waals surface area (Å²) in [5, 5.41) is 9.22. The molecule has 0 atom stereocenters. The number of rotatable bonds is 4. The first-order valence-electron chi connectivity index (χ1n) is 9.94. The summed E-state index contributed by atoms with van der Waals surface area (Å²) in [7, 11) is 0. The van der Waals surface area contributed by atoms with Gasteiger partial charge in [-0.1, -0.05) is 17.7 Å². The summed E-state index contributed by atoms with van der Waals surface area (Å²) in [5.41, 5.74) is 1.50. The first-order chi connectivity index (χ1) is 13.6. The lowest BCUT2D eigenvalue weighted by molar-refractivity contribution is 0.101. The van der Waals surface area contributed by atoms with Crippen LogP contribution < -0.4 is 4.90 Å². The summed E-state index contributed by atoms with van der Waals surface area (Å²) in [6.07, 6.45) is 5.12. The van der Waals surface area contributed by atoms with Gasteiger partial charge in [0.05, 0.1) is 5.02 Å². The quantitative estimate of drug-likeness (QED) is 0.432. The molecule has 2 heterocycles. The third-order valence-corrected chi connectivity index (χ3v) is 5.90. The molecule has 0 unspecified atom stereocenters. The predicted octanol–water partition coefficient (Wildman–Crippen LogP) is 4.82. The highest BCUT2D eigenvalue weighted by Crippen LogP contribution is 2.36. The Morgan fingerprint density at radius 3 is 2.48 bits per heavy atom. The van der Waals surface area contributed by atoms with Crippen molar-refractivity contribution in [3.8, 4) is 0 Å². The van der Waals surface area contributed by atoms with E-state index in [-0.39, 0.29) is 5.78 Å². The molecule has 29 heavy (non-hydrogen) atoms. The van der Waals surface area contributed by atoms with Gasteiger partial charge in [-0.15, -0.1) is 0 Å². The average molecular weight is 419 g/mol. The second-order valence-electron chi connectivity index (χ2n) is 8.16. The van der Waals surface area contributed by atoms with E-state index >= 15 is 0 Å². The van der Waals surface area contributed by atoms with Gasteiger partial charge in [0.2, 0.25) is 0 Å². The first-order valence-corrected chi connectivity index (χ1v) is 10.3. The molecule has 7 heteroatoms. The van der Waals surface area contributed by atoms with Gasteiger partial charge in [0.15, 0.2) is 5.78 Å². The number of amidine groups is 1. The molecule has 0 bridgehead atoms. The Morgan fingerprint density at radius 1 is 1.28 bits per heavy atom. The fraction of sp³-hybridized carbons (Fsp3) is 0.500. The van der Waals surface area contributed by atoms with Gasteiger partial charge in [0, 0.05) is 43.5 Å². The number of aromatic nitrogens is 1. The Balaban J connectivity index is 1.75. The molecule has 1 saturated heterocycles. The lowest BCUT2D eigenvalue weighted by Gasteiger charge is -2.39. The van der Waals surface area contributed by atoms with Crippen LogP contribution in [0.4, 0.5) is 10.2 Å². The van der Waals surface area contributed by atoms with Gasteiger partial charge >= 0.3 is 0 Å². The van der Waals surface area contributed by atoms with E-state index in [4.69, 9.17) is 17.0 Å². The Labute approximate surface area is 176 Å². The van der Waals surface area contributed by atoms with Crippen molar-refractivity contribution in [1.29, 1.82) is 5.41 Å². The van der Waals surface area contributed by atoms with Crippen molar-refractivity contribution in [2.75, 3.05) is 31.1 Å². The van der Waals surface area contributed by atoms with Crippen LogP contribution in [-0.2, 0) is 0 Å². The number of Topliss-reactive ketones (excluding diaryl/α,β-unsaturated/α-hetero) is 1. The van der Waals surface area contributed by atoms with Crippen molar-refractivity contribution in [3.05, 3.63) is 45.6 Å². The normalized spacial score (nSPS) is 18.1. The van der Waals surface area contributed by atoms with Crippen molar-refractivity contribution >= 4 is 29.0 Å². The molecule has 1 aromatic rings. The smallest absolute Gasteiger partial charge is 0.161 e. The summed E-state index contributed by atoms with van der Waals surface area (Å²) in [6.45, 7) is 9.16. The number of halogens is 2. The summed E-state index contributed by atoms with van der Waals surface area (Å²) in [6, 6.07) is 1.65. The lowest BCUT2D eigenvalue weighted by atomic mass is 9.83. The van der Waals surface area contributed by atoms with Gasteiger partial charge in [-0.25, -0.2) is 9.37 Å². The van der Waals surface area contributed by atoms with E-state index in [9.17, 15) is 9.18 Å². The number of nitrogens with one attached hydrogen (secondary N) is 1. The molecule has 0 amide bonds. The second kappa shape index (κ2) is 8.27. The zero-order chi connectivity index (χ0) is 21.3. The predicted molar refractivity (Wildman–Crippen MR) is 116 cm³/mol. The number of alkyl halides is 1. The number of allylic oxidation sites excluding steroid dienone is 2. The number of nitrogens with zero attached hydrogens (tertiary/aromatic N) is 3. The molecule has 2 aliphatic rings. The number of hydrogen-bond acceptors (Lipinski definition) is 4. The van der Waals surface area contributed by atoms with Crippen LogP contribution in [0.2, 0.25) is 5.02 Å². The molecule has 0 spiro atoms. The van der Waals surface area contributed by atoms with E-state index in [0.29, 0.717) is 54.8 Å². The van der Waals surface area contributed by atoms with Crippen LogP contribution in [0, 0.1) is 5.41 Å². The highest BCUT2D eigenvalue weighted by atomic mass is 35.5. The molecule has 1 aliphatic heterocycles. The summed E-state index contributed by atoms with van der Waals surface area (Å²) in [4.78, 5) is 19.9. The maximum Gasteiger partial charge on any atom is 0.161 e. The van der Waals surface area contributed by atoms with Crippen molar-refractivity contribution in [2.45, 2.75) is 46.2 Å². The second-order valence-corrected chi connectivity index (χ2v) is 8.57. The number of ketones is 1. The van der Waals surface area contributed by atoms with E-state index in [1.807, 2.05) is 11.8 Å². The van der Waals surface area contributed by atoms with Gasteiger partial charge in [-0.3, -0.25) is 10.2 Å². The largest absolute Gasteiger partial charge is 0.353 e. The number of anilines is 1. The first kappa shape index (κ1) is 21.5. The fourth-order valence-corrected chi connectivity index (χ4v) is 4.26. The van der Waals surface area contributed by atoms with E-state index < -0.39 is 5.67 Å². The molecular formula is C22H28ClFN4O. The van der Waals surface area contributed by atoms with Gasteiger partial charge in [-0.05, 0) is 57.7 Å². The number of hydrogen-bond donors (Lipinski definition) is 1. The molecule has 0 aromatic carbocycles. The molecule has 156 valence electrons. The van der Waals surface area contributed by atoms with Crippen LogP contribution in [0.1, 0.15) is 50.9 Å². The van der Waals surface area contributed by atoms with Gasteiger partial charge in [0.1, 0.15) is 17.3 Å². The topological polar surface area (TPSA) is 60.3 Å². The maximum absolute atomic E-state index is 14.8. The lowest BCUT2D eigenvalue weighted by Crippen LogP contribution is -2.49. The molecule has 1 aromatic heterocycles. The molecule has 0 radical (unpaired) electrons. The number of piperazine rings is 1. The van der Waals surface area contributed by atoms with Gasteiger partial charge in [0.25, 0.3) is 0 Å². The molecular weight excluding hydrogens is 391 g/mol. The Morgan fingerprint density at radius 2 is 1.93 bits per heavy atom. The van der Waals surface area contributed by atoms with Crippen LogP contribution in [0.25, 0.3) is 0 Å². The number of carbonyl (C=O) groups excluding carboxylic acids is 1. The minimum atomic E-state index is -1.44. The highest BCUT2D eigenvalue weighted by molar-refractivity contribution is 6.33. The van der Waals surface area contributed by atoms with E-state index in [1.54, 1.807) is 26.1 Å². The molecule has 3 rings (SSSR count). The van der Waals surface area contributed by atoms with E-state index in [2.05, 4.69) is 16.0 Å². The van der Waals surface area contributed by atoms with E-state index in [0.717, 1.165) is 23.1 Å². The number of carbonyl (C=O) groups is 1. The van der Waals surface area contributed by atoms with Crippen LogP contribution in [0.15, 0.2) is 35.1 Å². The third-order valence-electron chi connectivity index (χ3n) is 5.62.